The summed E-state index contributed by atoms with van der Waals surface area (Å²) in [6.45, 7) is 4.70. The van der Waals surface area contributed by atoms with Crippen LogP contribution in [0.3, 0.4) is 0 Å². The lowest BCUT2D eigenvalue weighted by atomic mass is 9.82. The summed E-state index contributed by atoms with van der Waals surface area (Å²) in [4.78, 5) is 11.0. The molecule has 4 heterocycles. The van der Waals surface area contributed by atoms with Crippen molar-refractivity contribution in [2.45, 2.75) is 19.3 Å². The minimum absolute atomic E-state index is 0.297. The van der Waals surface area contributed by atoms with E-state index >= 15 is 0 Å². The number of benzene rings is 10. The van der Waals surface area contributed by atoms with Crippen molar-refractivity contribution in [1.82, 2.24) is 28.2 Å². The van der Waals surface area contributed by atoms with Crippen LogP contribution in [0.1, 0.15) is 25.0 Å². The van der Waals surface area contributed by atoms with Gasteiger partial charge in [0.1, 0.15) is 11.6 Å². The maximum Gasteiger partial charge on any atom is 0.145 e. The lowest BCUT2D eigenvalue weighted by Crippen LogP contribution is -2.15. The van der Waals surface area contributed by atoms with Crippen molar-refractivity contribution in [3.63, 3.8) is 0 Å². The number of hydrogen-bond acceptors (Lipinski definition) is 2. The maximum atomic E-state index is 5.49. The molecule has 6 heteroatoms. The molecule has 0 aliphatic heterocycles. The van der Waals surface area contributed by atoms with Gasteiger partial charge in [0.15, 0.2) is 0 Å². The van der Waals surface area contributed by atoms with Gasteiger partial charge in [-0.05, 0) is 144 Å². The first-order chi connectivity index (χ1) is 35.0. The molecule has 15 rings (SSSR count). The minimum atomic E-state index is -0.297. The average Bonchev–Trinajstić information content (AvgIpc) is 4.22. The predicted octanol–water partition coefficient (Wildman–Crippen LogP) is 16.2. The van der Waals surface area contributed by atoms with Crippen LogP contribution in [0.2, 0.25) is 0 Å². The highest BCUT2D eigenvalue weighted by Gasteiger charge is 2.38. The highest BCUT2D eigenvalue weighted by atomic mass is 15.1. The number of rotatable bonds is 6. The van der Waals surface area contributed by atoms with Crippen molar-refractivity contribution >= 4 is 65.7 Å². The Balaban J connectivity index is 0.880. The van der Waals surface area contributed by atoms with E-state index in [0.717, 1.165) is 67.6 Å². The fourth-order valence-corrected chi connectivity index (χ4v) is 11.9. The topological polar surface area (TPSA) is 45.5 Å². The Bertz CT molecular complexity index is 4060. The first kappa shape index (κ1) is 39.7. The summed E-state index contributed by atoms with van der Waals surface area (Å²) in [6.07, 6.45) is 0. The maximum absolute atomic E-state index is 5.49. The second-order valence-electron chi connectivity index (χ2n) is 19.4. The summed E-state index contributed by atoms with van der Waals surface area (Å²) in [5.41, 5.74) is 20.0. The standard InChI is InChI=1S/C65H44N6/c1-65(2)53-39-55-61(70(43-17-5-3-6-18-43)63(66-55)41-29-33-45(34-30-41)68-57-25-13-9-21-47(57)48-22-10-14-26-58(48)68)37-51(53)52-38-62-56(40-54(52)65)67-64(71(62)44-19-7-4-8-20-44)42-31-35-46(36-32-42)69-59-27-15-11-23-49(59)50-24-12-16-28-60(50)69/h3-40H,1-2H3. The number of hydrogen-bond donors (Lipinski definition) is 0. The van der Waals surface area contributed by atoms with Crippen LogP contribution in [0.4, 0.5) is 0 Å². The Kier molecular flexibility index (Phi) is 8.32. The molecule has 0 bridgehead atoms. The van der Waals surface area contributed by atoms with Crippen LogP contribution in [0.5, 0.6) is 0 Å². The van der Waals surface area contributed by atoms with E-state index < -0.39 is 0 Å². The minimum Gasteiger partial charge on any atom is -0.309 e. The van der Waals surface area contributed by atoms with Gasteiger partial charge in [-0.3, -0.25) is 9.13 Å². The predicted molar refractivity (Wildman–Crippen MR) is 293 cm³/mol. The largest absolute Gasteiger partial charge is 0.309 e. The van der Waals surface area contributed by atoms with Gasteiger partial charge in [-0.2, -0.15) is 0 Å². The molecule has 0 saturated carbocycles. The molecule has 0 fully saturated rings. The molecule has 1 aliphatic rings. The normalized spacial score (nSPS) is 13.0. The molecular weight excluding hydrogens is 865 g/mol. The quantitative estimate of drug-likeness (QED) is 0.167. The lowest BCUT2D eigenvalue weighted by Gasteiger charge is -2.21. The number of para-hydroxylation sites is 6. The fourth-order valence-electron chi connectivity index (χ4n) is 11.9. The summed E-state index contributed by atoms with van der Waals surface area (Å²) < 4.78 is 9.41. The van der Waals surface area contributed by atoms with E-state index in [1.165, 1.54) is 65.9 Å². The van der Waals surface area contributed by atoms with Crippen LogP contribution >= 0.6 is 0 Å². The van der Waals surface area contributed by atoms with E-state index in [-0.39, 0.29) is 5.41 Å². The van der Waals surface area contributed by atoms with Gasteiger partial charge in [-0.1, -0.05) is 123 Å². The molecule has 0 radical (unpaired) electrons. The lowest BCUT2D eigenvalue weighted by molar-refractivity contribution is 0.661. The van der Waals surface area contributed by atoms with E-state index in [4.69, 9.17) is 9.97 Å². The molecule has 0 amide bonds. The van der Waals surface area contributed by atoms with Crippen molar-refractivity contribution < 1.29 is 0 Å². The summed E-state index contributed by atoms with van der Waals surface area (Å²) in [5, 5.41) is 5.01. The molecule has 4 aromatic heterocycles. The zero-order valence-electron chi connectivity index (χ0n) is 39.1. The van der Waals surface area contributed by atoms with Gasteiger partial charge in [0.25, 0.3) is 0 Å². The summed E-state index contributed by atoms with van der Waals surface area (Å²) in [6, 6.07) is 83.3. The van der Waals surface area contributed by atoms with Crippen molar-refractivity contribution in [1.29, 1.82) is 0 Å². The highest BCUT2D eigenvalue weighted by Crippen LogP contribution is 2.52. The van der Waals surface area contributed by atoms with Gasteiger partial charge in [0.05, 0.1) is 44.1 Å². The van der Waals surface area contributed by atoms with E-state index in [9.17, 15) is 0 Å². The van der Waals surface area contributed by atoms with E-state index in [2.05, 4.69) is 263 Å². The molecule has 0 unspecified atom stereocenters. The number of fused-ring (bicyclic) bond motifs is 11. The van der Waals surface area contributed by atoms with Gasteiger partial charge >= 0.3 is 0 Å². The third-order valence-electron chi connectivity index (χ3n) is 15.2. The molecule has 0 atom stereocenters. The molecule has 334 valence electrons. The van der Waals surface area contributed by atoms with Gasteiger partial charge in [-0.15, -0.1) is 0 Å². The van der Waals surface area contributed by atoms with Crippen LogP contribution in [0, 0.1) is 0 Å². The smallest absolute Gasteiger partial charge is 0.145 e. The molecule has 14 aromatic rings. The molecule has 0 spiro atoms. The van der Waals surface area contributed by atoms with Crippen LogP contribution < -0.4 is 0 Å². The van der Waals surface area contributed by atoms with Gasteiger partial charge in [0.2, 0.25) is 0 Å². The van der Waals surface area contributed by atoms with Crippen molar-refractivity contribution in [3.8, 4) is 56.7 Å². The van der Waals surface area contributed by atoms with Crippen molar-refractivity contribution in [2.24, 2.45) is 0 Å². The fraction of sp³-hybridized carbons (Fsp3) is 0.0462. The zero-order valence-corrected chi connectivity index (χ0v) is 39.1. The Hall–Kier alpha value is -9.26. The molecule has 10 aromatic carbocycles. The molecule has 71 heavy (non-hydrogen) atoms. The number of imidazole rings is 2. The first-order valence-electron chi connectivity index (χ1n) is 24.4. The van der Waals surface area contributed by atoms with Gasteiger partial charge in [-0.25, -0.2) is 9.97 Å². The number of aromatic nitrogens is 6. The van der Waals surface area contributed by atoms with E-state index in [0.29, 0.717) is 0 Å². The van der Waals surface area contributed by atoms with Crippen molar-refractivity contribution in [2.75, 3.05) is 0 Å². The second kappa shape index (κ2) is 14.9. The molecule has 0 N–H and O–H groups in total. The highest BCUT2D eigenvalue weighted by molar-refractivity contribution is 6.10. The Morgan fingerprint density at radius 1 is 0.296 bits per heavy atom. The Morgan fingerprint density at radius 3 is 0.958 bits per heavy atom. The Labute approximate surface area is 409 Å². The van der Waals surface area contributed by atoms with E-state index in [1.807, 2.05) is 0 Å². The summed E-state index contributed by atoms with van der Waals surface area (Å²) in [5.74, 6) is 1.82. The monoisotopic (exact) mass is 908 g/mol. The SMILES string of the molecule is CC1(C)c2cc3nc(-c4ccc(-n5c6ccccc6c6ccccc65)cc4)n(-c4ccccc4)c3cc2-c2cc3c(cc21)nc(-c1ccc(-n2c4ccccc4c4ccccc42)cc1)n3-c1ccccc1. The van der Waals surface area contributed by atoms with Crippen LogP contribution in [0.15, 0.2) is 231 Å². The second-order valence-corrected chi connectivity index (χ2v) is 19.4. The van der Waals surface area contributed by atoms with Crippen LogP contribution in [-0.2, 0) is 5.41 Å². The Morgan fingerprint density at radius 2 is 0.606 bits per heavy atom. The van der Waals surface area contributed by atoms with Gasteiger partial charge in [0, 0.05) is 60.8 Å². The van der Waals surface area contributed by atoms with Crippen molar-refractivity contribution in [3.05, 3.63) is 242 Å². The third kappa shape index (κ3) is 5.76. The zero-order chi connectivity index (χ0) is 47.0. The number of nitrogens with zero attached hydrogens (tertiary/aromatic N) is 6. The van der Waals surface area contributed by atoms with Crippen LogP contribution in [0.25, 0.3) is 122 Å². The van der Waals surface area contributed by atoms with E-state index in [1.54, 1.807) is 0 Å². The molecular formula is C65H44N6. The van der Waals surface area contributed by atoms with Gasteiger partial charge < -0.3 is 9.13 Å². The first-order valence-corrected chi connectivity index (χ1v) is 24.4. The molecule has 1 aliphatic carbocycles. The molecule has 6 nitrogen and oxygen atoms in total. The molecule has 0 saturated heterocycles. The summed E-state index contributed by atoms with van der Waals surface area (Å²) >= 11 is 0. The third-order valence-corrected chi connectivity index (χ3v) is 15.2. The van der Waals surface area contributed by atoms with Crippen LogP contribution in [-0.4, -0.2) is 28.2 Å². The average molecular weight is 909 g/mol. The summed E-state index contributed by atoms with van der Waals surface area (Å²) in [7, 11) is 0.